The van der Waals surface area contributed by atoms with E-state index in [4.69, 9.17) is 4.74 Å². The van der Waals surface area contributed by atoms with Crippen LogP contribution in [0.3, 0.4) is 0 Å². The maximum absolute atomic E-state index is 14.2. The first-order valence-electron chi connectivity index (χ1n) is 12.5. The van der Waals surface area contributed by atoms with Gasteiger partial charge in [0.1, 0.15) is 12.4 Å². The van der Waals surface area contributed by atoms with Crippen molar-refractivity contribution in [3.63, 3.8) is 0 Å². The summed E-state index contributed by atoms with van der Waals surface area (Å²) in [5.41, 5.74) is 0.482. The van der Waals surface area contributed by atoms with Crippen molar-refractivity contribution in [2.45, 2.75) is 37.3 Å². The summed E-state index contributed by atoms with van der Waals surface area (Å²) in [6, 6.07) is 11.1. The number of piperidine rings is 1. The highest BCUT2D eigenvalue weighted by Crippen LogP contribution is 2.37. The minimum Gasteiger partial charge on any atom is -0.369 e. The lowest BCUT2D eigenvalue weighted by atomic mass is 9.90. The lowest BCUT2D eigenvalue weighted by molar-refractivity contribution is -0.170. The van der Waals surface area contributed by atoms with Gasteiger partial charge in [-0.2, -0.15) is 17.0 Å². The molecule has 4 fully saturated rings. The first kappa shape index (κ1) is 23.1. The van der Waals surface area contributed by atoms with Crippen LogP contribution in [0.4, 0.5) is 10.1 Å². The third-order valence-electron chi connectivity index (χ3n) is 7.97. The monoisotopic (exact) mass is 502 g/mol. The van der Waals surface area contributed by atoms with Gasteiger partial charge in [0.2, 0.25) is 5.91 Å². The Morgan fingerprint density at radius 2 is 1.66 bits per heavy atom. The van der Waals surface area contributed by atoms with Crippen LogP contribution >= 0.6 is 0 Å². The lowest BCUT2D eigenvalue weighted by Crippen LogP contribution is -2.61. The zero-order chi connectivity index (χ0) is 24.2. The van der Waals surface area contributed by atoms with E-state index in [2.05, 4.69) is 4.90 Å². The van der Waals surface area contributed by atoms with Crippen molar-refractivity contribution in [2.24, 2.45) is 0 Å². The molecular formula is C25H31FN4O4S. The zero-order valence-corrected chi connectivity index (χ0v) is 20.6. The molecule has 0 radical (unpaired) electrons. The topological polar surface area (TPSA) is 73.4 Å². The number of amides is 1. The van der Waals surface area contributed by atoms with Gasteiger partial charge in [0.05, 0.1) is 12.1 Å². The van der Waals surface area contributed by atoms with Crippen LogP contribution in [0.15, 0.2) is 36.4 Å². The van der Waals surface area contributed by atoms with Gasteiger partial charge < -0.3 is 14.5 Å². The van der Waals surface area contributed by atoms with Crippen LogP contribution in [0.25, 0.3) is 10.8 Å². The molecule has 1 spiro atoms. The highest BCUT2D eigenvalue weighted by atomic mass is 32.2. The molecule has 3 aliphatic heterocycles. The summed E-state index contributed by atoms with van der Waals surface area (Å²) in [5.74, 6) is -0.194. The molecule has 4 aliphatic rings. The van der Waals surface area contributed by atoms with Crippen molar-refractivity contribution in [2.75, 3.05) is 57.3 Å². The van der Waals surface area contributed by atoms with Crippen molar-refractivity contribution in [1.29, 1.82) is 0 Å². The first-order chi connectivity index (χ1) is 16.8. The van der Waals surface area contributed by atoms with Crippen LogP contribution in [-0.4, -0.2) is 91.9 Å². The average molecular weight is 503 g/mol. The molecule has 188 valence electrons. The molecule has 0 unspecified atom stereocenters. The van der Waals surface area contributed by atoms with E-state index in [1.54, 1.807) is 14.7 Å². The van der Waals surface area contributed by atoms with Crippen LogP contribution in [0.5, 0.6) is 0 Å². The van der Waals surface area contributed by atoms with Gasteiger partial charge in [0.15, 0.2) is 0 Å². The van der Waals surface area contributed by atoms with Crippen LogP contribution in [0, 0.1) is 5.82 Å². The number of rotatable bonds is 4. The molecule has 3 heterocycles. The summed E-state index contributed by atoms with van der Waals surface area (Å²) in [6.45, 7) is 3.37. The number of carbonyl (C=O) groups is 1. The van der Waals surface area contributed by atoms with E-state index < -0.39 is 15.8 Å². The predicted octanol–water partition coefficient (Wildman–Crippen LogP) is 2.20. The van der Waals surface area contributed by atoms with Gasteiger partial charge >= 0.3 is 0 Å². The largest absolute Gasteiger partial charge is 0.369 e. The van der Waals surface area contributed by atoms with E-state index in [1.165, 1.54) is 6.07 Å². The van der Waals surface area contributed by atoms with Gasteiger partial charge in [-0.1, -0.05) is 18.2 Å². The molecule has 0 aromatic heterocycles. The number of hydrogen-bond acceptors (Lipinski definition) is 5. The lowest BCUT2D eigenvalue weighted by Gasteiger charge is -2.47. The Hall–Kier alpha value is -2.27. The van der Waals surface area contributed by atoms with Crippen molar-refractivity contribution in [1.82, 2.24) is 13.5 Å². The Morgan fingerprint density at radius 3 is 2.37 bits per heavy atom. The molecule has 8 nitrogen and oxygen atoms in total. The molecule has 1 amide bonds. The maximum atomic E-state index is 14.2. The fourth-order valence-electron chi connectivity index (χ4n) is 5.65. The molecule has 35 heavy (non-hydrogen) atoms. The molecule has 2 aromatic carbocycles. The van der Waals surface area contributed by atoms with Crippen molar-refractivity contribution in [3.8, 4) is 0 Å². The fraction of sp³-hybridized carbons (Fsp3) is 0.560. The second-order valence-electron chi connectivity index (χ2n) is 10.2. The number of fused-ring (bicyclic) bond motifs is 1. The first-order valence-corrected chi connectivity index (χ1v) is 13.9. The number of morpholine rings is 1. The molecule has 3 saturated heterocycles. The van der Waals surface area contributed by atoms with Crippen LogP contribution in [0.1, 0.15) is 25.7 Å². The van der Waals surface area contributed by atoms with Gasteiger partial charge in [-0.25, -0.2) is 4.39 Å². The summed E-state index contributed by atoms with van der Waals surface area (Å²) in [7, 11) is -3.57. The molecule has 0 bridgehead atoms. The van der Waals surface area contributed by atoms with Gasteiger partial charge in [-0.3, -0.25) is 4.79 Å². The number of piperazine rings is 1. The number of halogens is 1. The summed E-state index contributed by atoms with van der Waals surface area (Å²) in [4.78, 5) is 16.3. The van der Waals surface area contributed by atoms with Crippen molar-refractivity contribution < 1.29 is 22.3 Å². The smallest absolute Gasteiger partial charge is 0.282 e. The summed E-state index contributed by atoms with van der Waals surface area (Å²) < 4.78 is 50.1. The molecule has 0 atom stereocenters. The third kappa shape index (κ3) is 4.30. The maximum Gasteiger partial charge on any atom is 0.282 e. The number of hydrogen-bond donors (Lipinski definition) is 0. The highest BCUT2D eigenvalue weighted by Gasteiger charge is 2.48. The number of ether oxygens (including phenoxy) is 1. The molecule has 10 heteroatoms. The Kier molecular flexibility index (Phi) is 5.75. The van der Waals surface area contributed by atoms with Crippen LogP contribution in [-0.2, 0) is 19.7 Å². The molecule has 6 rings (SSSR count). The Labute approximate surface area is 205 Å². The van der Waals surface area contributed by atoms with Crippen molar-refractivity contribution in [3.05, 3.63) is 42.2 Å². The minimum absolute atomic E-state index is 0.0557. The number of nitrogens with zero attached hydrogens (tertiary/aromatic N) is 4. The minimum atomic E-state index is -3.57. The number of anilines is 1. The SMILES string of the molecule is O=C1COC2(CCN(S(=O)(=O)N3CCN(c4ccc5cccc(F)c5c4)CC3)CC2)CN1C1CC1. The number of carbonyl (C=O) groups excluding carboxylic acids is 1. The van der Waals surface area contributed by atoms with E-state index in [0.29, 0.717) is 70.1 Å². The number of benzene rings is 2. The Bertz CT molecular complexity index is 1240. The zero-order valence-electron chi connectivity index (χ0n) is 19.7. The average Bonchev–Trinajstić information content (AvgIpc) is 3.72. The van der Waals surface area contributed by atoms with Crippen LogP contribution in [0.2, 0.25) is 0 Å². The fourth-order valence-corrected chi connectivity index (χ4v) is 7.24. The second kappa shape index (κ2) is 8.69. The molecule has 1 saturated carbocycles. The standard InChI is InChI=1S/C25H31FN4O4S/c26-23-3-1-2-19-4-5-21(16-22(19)23)27-12-14-29(15-13-27)35(32,33)28-10-8-25(9-11-28)18-30(20-6-7-20)24(31)17-34-25/h1-5,16,20H,6-15,17-18H2. The summed E-state index contributed by atoms with van der Waals surface area (Å²) in [5, 5.41) is 1.43. The van der Waals surface area contributed by atoms with Crippen LogP contribution < -0.4 is 4.90 Å². The van der Waals surface area contributed by atoms with E-state index in [9.17, 15) is 17.6 Å². The Balaban J connectivity index is 1.08. The van der Waals surface area contributed by atoms with E-state index >= 15 is 0 Å². The quantitative estimate of drug-likeness (QED) is 0.641. The highest BCUT2D eigenvalue weighted by molar-refractivity contribution is 7.86. The molecule has 1 aliphatic carbocycles. The van der Waals surface area contributed by atoms with Gasteiger partial charge in [0.25, 0.3) is 10.2 Å². The second-order valence-corrected chi connectivity index (χ2v) is 12.1. The molecule has 0 N–H and O–H groups in total. The van der Waals surface area contributed by atoms with E-state index in [0.717, 1.165) is 23.9 Å². The van der Waals surface area contributed by atoms with Gasteiger partial charge in [-0.15, -0.1) is 0 Å². The van der Waals surface area contributed by atoms with E-state index in [-0.39, 0.29) is 18.3 Å². The summed E-state index contributed by atoms with van der Waals surface area (Å²) >= 11 is 0. The van der Waals surface area contributed by atoms with Crippen molar-refractivity contribution >= 4 is 32.6 Å². The summed E-state index contributed by atoms with van der Waals surface area (Å²) in [6.07, 6.45) is 3.32. The van der Waals surface area contributed by atoms with Gasteiger partial charge in [-0.05, 0) is 49.3 Å². The van der Waals surface area contributed by atoms with E-state index in [1.807, 2.05) is 29.2 Å². The Morgan fingerprint density at radius 1 is 0.943 bits per heavy atom. The molecular weight excluding hydrogens is 471 g/mol. The third-order valence-corrected chi connectivity index (χ3v) is 10.0. The predicted molar refractivity (Wildman–Crippen MR) is 131 cm³/mol. The normalized spacial score (nSPS) is 24.4. The molecule has 2 aromatic rings. The van der Waals surface area contributed by atoms with Gasteiger partial charge in [0, 0.05) is 56.4 Å².